The van der Waals surface area contributed by atoms with Gasteiger partial charge < -0.3 is 19.2 Å². The van der Waals surface area contributed by atoms with Crippen LogP contribution in [0, 0.1) is 0 Å². The van der Waals surface area contributed by atoms with Gasteiger partial charge in [-0.25, -0.2) is 0 Å². The van der Waals surface area contributed by atoms with E-state index in [2.05, 4.69) is 5.32 Å². The summed E-state index contributed by atoms with van der Waals surface area (Å²) in [6.07, 6.45) is 1.58. The Bertz CT molecular complexity index is 297. The third-order valence-corrected chi connectivity index (χ3v) is 2.01. The molecule has 1 aromatic rings. The highest BCUT2D eigenvalue weighted by atomic mass is 16.5. The van der Waals surface area contributed by atoms with Gasteiger partial charge in [0.2, 0.25) is 5.91 Å². The largest absolute Gasteiger partial charge is 0.467 e. The Morgan fingerprint density at radius 2 is 2.38 bits per heavy atom. The van der Waals surface area contributed by atoms with Gasteiger partial charge in [0.1, 0.15) is 12.4 Å². The van der Waals surface area contributed by atoms with E-state index >= 15 is 0 Å². The molecule has 5 nitrogen and oxygen atoms in total. The summed E-state index contributed by atoms with van der Waals surface area (Å²) in [7, 11) is 1.59. The molecule has 0 saturated heterocycles. The van der Waals surface area contributed by atoms with Crippen LogP contribution in [0.15, 0.2) is 22.8 Å². The van der Waals surface area contributed by atoms with E-state index in [1.165, 1.54) is 0 Å². The number of ether oxygens (including phenoxy) is 2. The van der Waals surface area contributed by atoms with Gasteiger partial charge in [0, 0.05) is 7.11 Å². The normalized spacial score (nSPS) is 12.4. The standard InChI is InChI=1S/C11H17NO4/c1-9(10-4-3-5-16-10)12-11(13)8-15-7-6-14-2/h3-5,9H,6-8H2,1-2H3,(H,12,13)/t9-/m1/s1. The number of hydrogen-bond acceptors (Lipinski definition) is 4. The Kier molecular flexibility index (Phi) is 5.60. The fourth-order valence-electron chi connectivity index (χ4n) is 1.20. The lowest BCUT2D eigenvalue weighted by Gasteiger charge is -2.11. The molecule has 0 aromatic carbocycles. The van der Waals surface area contributed by atoms with E-state index in [-0.39, 0.29) is 18.6 Å². The number of carbonyl (C=O) groups excluding carboxylic acids is 1. The Labute approximate surface area is 94.7 Å². The predicted octanol–water partition coefficient (Wildman–Crippen LogP) is 1.12. The fraction of sp³-hybridized carbons (Fsp3) is 0.545. The molecule has 5 heteroatoms. The van der Waals surface area contributed by atoms with Gasteiger partial charge in [-0.05, 0) is 19.1 Å². The highest BCUT2D eigenvalue weighted by molar-refractivity contribution is 5.77. The molecule has 1 amide bonds. The van der Waals surface area contributed by atoms with Gasteiger partial charge >= 0.3 is 0 Å². The van der Waals surface area contributed by atoms with E-state index in [1.807, 2.05) is 13.0 Å². The smallest absolute Gasteiger partial charge is 0.246 e. The van der Waals surface area contributed by atoms with Crippen LogP contribution in [0.25, 0.3) is 0 Å². The molecule has 0 bridgehead atoms. The van der Waals surface area contributed by atoms with Crippen molar-refractivity contribution < 1.29 is 18.7 Å². The highest BCUT2D eigenvalue weighted by Gasteiger charge is 2.11. The van der Waals surface area contributed by atoms with Crippen molar-refractivity contribution in [3.05, 3.63) is 24.2 Å². The average Bonchev–Trinajstić information content (AvgIpc) is 2.77. The maximum absolute atomic E-state index is 11.4. The van der Waals surface area contributed by atoms with Crippen LogP contribution in [0.1, 0.15) is 18.7 Å². The molecule has 0 aliphatic carbocycles. The van der Waals surface area contributed by atoms with Gasteiger partial charge in [-0.15, -0.1) is 0 Å². The number of carbonyl (C=O) groups is 1. The summed E-state index contributed by atoms with van der Waals surface area (Å²) in [4.78, 5) is 11.4. The first-order valence-electron chi connectivity index (χ1n) is 5.13. The summed E-state index contributed by atoms with van der Waals surface area (Å²) in [6, 6.07) is 3.46. The van der Waals surface area contributed by atoms with Crippen LogP contribution in [0.2, 0.25) is 0 Å². The van der Waals surface area contributed by atoms with Crippen molar-refractivity contribution in [2.75, 3.05) is 26.9 Å². The van der Waals surface area contributed by atoms with Crippen molar-refractivity contribution >= 4 is 5.91 Å². The summed E-state index contributed by atoms with van der Waals surface area (Å²) in [5.74, 6) is 0.560. The lowest BCUT2D eigenvalue weighted by atomic mass is 10.2. The van der Waals surface area contributed by atoms with Crippen LogP contribution < -0.4 is 5.32 Å². The zero-order chi connectivity index (χ0) is 11.8. The molecule has 0 aliphatic heterocycles. The molecular weight excluding hydrogens is 210 g/mol. The molecule has 0 aliphatic rings. The van der Waals surface area contributed by atoms with E-state index < -0.39 is 0 Å². The van der Waals surface area contributed by atoms with E-state index in [0.717, 1.165) is 5.76 Å². The topological polar surface area (TPSA) is 60.7 Å². The number of rotatable bonds is 7. The van der Waals surface area contributed by atoms with Gasteiger partial charge in [0.15, 0.2) is 0 Å². The molecule has 16 heavy (non-hydrogen) atoms. The van der Waals surface area contributed by atoms with Crippen LogP contribution in [0.4, 0.5) is 0 Å². The minimum atomic E-state index is -0.167. The molecule has 0 unspecified atom stereocenters. The molecule has 90 valence electrons. The summed E-state index contributed by atoms with van der Waals surface area (Å²) >= 11 is 0. The quantitative estimate of drug-likeness (QED) is 0.709. The Morgan fingerprint density at radius 1 is 1.56 bits per heavy atom. The number of methoxy groups -OCH3 is 1. The number of hydrogen-bond donors (Lipinski definition) is 1. The predicted molar refractivity (Wildman–Crippen MR) is 58.0 cm³/mol. The monoisotopic (exact) mass is 227 g/mol. The summed E-state index contributed by atoms with van der Waals surface area (Å²) in [6.45, 7) is 2.79. The Balaban J connectivity index is 2.19. The average molecular weight is 227 g/mol. The van der Waals surface area contributed by atoms with Crippen molar-refractivity contribution in [2.45, 2.75) is 13.0 Å². The van der Waals surface area contributed by atoms with Crippen LogP contribution >= 0.6 is 0 Å². The lowest BCUT2D eigenvalue weighted by Crippen LogP contribution is -2.30. The van der Waals surface area contributed by atoms with Gasteiger partial charge in [-0.3, -0.25) is 4.79 Å². The minimum absolute atomic E-state index is 0.0361. The Hall–Kier alpha value is -1.33. The second kappa shape index (κ2) is 7.03. The Morgan fingerprint density at radius 3 is 3.00 bits per heavy atom. The van der Waals surface area contributed by atoms with Crippen LogP contribution in [0.3, 0.4) is 0 Å². The van der Waals surface area contributed by atoms with Gasteiger partial charge in [-0.2, -0.15) is 0 Å². The minimum Gasteiger partial charge on any atom is -0.467 e. The first kappa shape index (κ1) is 12.7. The fourth-order valence-corrected chi connectivity index (χ4v) is 1.20. The van der Waals surface area contributed by atoms with Crippen molar-refractivity contribution in [1.82, 2.24) is 5.32 Å². The second-order valence-corrected chi connectivity index (χ2v) is 3.35. The maximum atomic E-state index is 11.4. The number of furan rings is 1. The number of amides is 1. The molecule has 1 atom stereocenters. The molecule has 0 radical (unpaired) electrons. The zero-order valence-corrected chi connectivity index (χ0v) is 9.56. The van der Waals surface area contributed by atoms with E-state index in [0.29, 0.717) is 13.2 Å². The third kappa shape index (κ3) is 4.46. The van der Waals surface area contributed by atoms with Crippen molar-refractivity contribution in [1.29, 1.82) is 0 Å². The van der Waals surface area contributed by atoms with Crippen LogP contribution in [-0.4, -0.2) is 32.8 Å². The molecule has 1 heterocycles. The molecule has 1 N–H and O–H groups in total. The van der Waals surface area contributed by atoms with Gasteiger partial charge in [0.05, 0.1) is 25.5 Å². The van der Waals surface area contributed by atoms with E-state index in [4.69, 9.17) is 13.9 Å². The van der Waals surface area contributed by atoms with Crippen LogP contribution in [0.5, 0.6) is 0 Å². The van der Waals surface area contributed by atoms with Crippen molar-refractivity contribution in [2.24, 2.45) is 0 Å². The maximum Gasteiger partial charge on any atom is 0.246 e. The summed E-state index contributed by atoms with van der Waals surface area (Å²) in [5, 5.41) is 2.76. The molecule has 0 spiro atoms. The first-order valence-corrected chi connectivity index (χ1v) is 5.13. The van der Waals surface area contributed by atoms with E-state index in [1.54, 1.807) is 19.4 Å². The molecule has 1 aromatic heterocycles. The van der Waals surface area contributed by atoms with Crippen LogP contribution in [-0.2, 0) is 14.3 Å². The molecular formula is C11H17NO4. The molecule has 0 saturated carbocycles. The SMILES string of the molecule is COCCOCC(=O)N[C@H](C)c1ccco1. The zero-order valence-electron chi connectivity index (χ0n) is 9.56. The summed E-state index contributed by atoms with van der Waals surface area (Å²) in [5.41, 5.74) is 0. The highest BCUT2D eigenvalue weighted by Crippen LogP contribution is 2.11. The second-order valence-electron chi connectivity index (χ2n) is 3.35. The number of nitrogens with one attached hydrogen (secondary N) is 1. The van der Waals surface area contributed by atoms with E-state index in [9.17, 15) is 4.79 Å². The molecule has 0 fully saturated rings. The molecule has 1 rings (SSSR count). The first-order chi connectivity index (χ1) is 7.74. The van der Waals surface area contributed by atoms with Gasteiger partial charge in [0.25, 0.3) is 0 Å². The van der Waals surface area contributed by atoms with Crippen molar-refractivity contribution in [3.63, 3.8) is 0 Å². The lowest BCUT2D eigenvalue weighted by molar-refractivity contribution is -0.126. The van der Waals surface area contributed by atoms with Crippen molar-refractivity contribution in [3.8, 4) is 0 Å². The van der Waals surface area contributed by atoms with Gasteiger partial charge in [-0.1, -0.05) is 0 Å². The third-order valence-electron chi connectivity index (χ3n) is 2.01. The summed E-state index contributed by atoms with van der Waals surface area (Å²) < 4.78 is 15.0.